The summed E-state index contributed by atoms with van der Waals surface area (Å²) in [7, 11) is 1.29. The zero-order chi connectivity index (χ0) is 47.3. The van der Waals surface area contributed by atoms with Gasteiger partial charge in [-0.25, -0.2) is 4.57 Å². The monoisotopic (exact) mass is 925 g/mol. The van der Waals surface area contributed by atoms with E-state index >= 15 is 0 Å². The van der Waals surface area contributed by atoms with Crippen molar-refractivity contribution in [1.82, 2.24) is 0 Å². The molecule has 2 unspecified atom stereocenters. The van der Waals surface area contributed by atoms with Gasteiger partial charge in [-0.2, -0.15) is 0 Å². The molecular weight excluding hydrogens is 838 g/mol. The van der Waals surface area contributed by atoms with Gasteiger partial charge >= 0.3 is 19.8 Å². The second-order valence-corrected chi connectivity index (χ2v) is 19.1. The van der Waals surface area contributed by atoms with E-state index in [1.165, 1.54) is 25.7 Å². The molecule has 0 spiro atoms. The SMILES string of the molecule is CCCCC/C=C\C/C=C\C/C=C\C/C=C\CCCCCC(=O)O[C@H](COC(=O)CCC/C=C\C[C@H]1[C@@H](O)CC(O)O[C@@H]1/C=C/[C@@H](O)CCCCC)COP(=O)(O)OCC[N+](C)(C)C. The van der Waals surface area contributed by atoms with Crippen LogP contribution in [0.25, 0.3) is 0 Å². The smallest absolute Gasteiger partial charge is 0.462 e. The van der Waals surface area contributed by atoms with Crippen LogP contribution in [0.3, 0.4) is 0 Å². The third kappa shape index (κ3) is 34.6. The highest BCUT2D eigenvalue weighted by Gasteiger charge is 2.35. The molecule has 0 amide bonds. The van der Waals surface area contributed by atoms with Gasteiger partial charge in [0.15, 0.2) is 12.4 Å². The van der Waals surface area contributed by atoms with Crippen molar-refractivity contribution in [2.45, 2.75) is 179 Å². The van der Waals surface area contributed by atoms with Crippen LogP contribution in [-0.4, -0.2) is 115 Å². The molecule has 1 heterocycles. The molecule has 1 fully saturated rings. The van der Waals surface area contributed by atoms with E-state index in [0.717, 1.165) is 57.8 Å². The van der Waals surface area contributed by atoms with Crippen molar-refractivity contribution in [1.29, 1.82) is 0 Å². The van der Waals surface area contributed by atoms with E-state index in [0.29, 0.717) is 43.1 Å². The number of hydrogen-bond acceptors (Lipinski definition) is 11. The number of carbonyl (C=O) groups is 2. The number of esters is 2. The van der Waals surface area contributed by atoms with Crippen LogP contribution in [0.4, 0.5) is 0 Å². The van der Waals surface area contributed by atoms with Gasteiger partial charge in [-0.1, -0.05) is 125 Å². The van der Waals surface area contributed by atoms with Gasteiger partial charge in [0, 0.05) is 25.2 Å². The summed E-state index contributed by atoms with van der Waals surface area (Å²) in [6.45, 7) is 3.92. The minimum atomic E-state index is -4.46. The number of likely N-dealkylation sites (N-methyl/N-ethyl adjacent to an activating group) is 1. The fourth-order valence-electron chi connectivity index (χ4n) is 6.62. The summed E-state index contributed by atoms with van der Waals surface area (Å²) < 4.78 is 40.0. The van der Waals surface area contributed by atoms with Gasteiger partial charge < -0.3 is 38.9 Å². The van der Waals surface area contributed by atoms with E-state index in [4.69, 9.17) is 23.3 Å². The van der Waals surface area contributed by atoms with Crippen LogP contribution < -0.4 is 0 Å². The standard InChI is InChI=1S/C50H86NO12P/c1-6-8-10-11-12-13-14-15-16-17-18-19-20-21-22-23-24-25-31-35-49(55)62-44(42-61-64(57,58)60-39-38-51(3,4)5)41-59-48(54)34-30-27-26-29-33-45-46(53)40-50(56)63-47(45)37-36-43(52)32-28-9-7-2/h12-13,15-16,18-19,21-22,26,29,36-37,43-47,50,52-53,56H,6-11,14,17,20,23-25,27-28,30-35,38-42H2,1-5H3/p+1/b13-12-,16-15-,19-18-,22-21-,29-26-,37-36+/t43-,44+,45-,46-,47+,50?/m0/s1. The third-order valence-corrected chi connectivity index (χ3v) is 11.5. The van der Waals surface area contributed by atoms with E-state index in [1.54, 1.807) is 12.2 Å². The number of unbranched alkanes of at least 4 members (excludes halogenated alkanes) is 9. The molecule has 0 aromatic heterocycles. The van der Waals surface area contributed by atoms with E-state index in [-0.39, 0.29) is 38.4 Å². The molecule has 4 N–H and O–H groups in total. The Morgan fingerprint density at radius 2 is 1.31 bits per heavy atom. The Bertz CT molecular complexity index is 1440. The Kier molecular flexibility index (Phi) is 34.6. The molecule has 1 rings (SSSR count). The van der Waals surface area contributed by atoms with Crippen molar-refractivity contribution in [3.8, 4) is 0 Å². The largest absolute Gasteiger partial charge is 0.472 e. The summed E-state index contributed by atoms with van der Waals surface area (Å²) in [6, 6.07) is 0. The maximum Gasteiger partial charge on any atom is 0.472 e. The van der Waals surface area contributed by atoms with Gasteiger partial charge in [0.05, 0.1) is 46.1 Å². The van der Waals surface area contributed by atoms with Crippen LogP contribution in [0.5, 0.6) is 0 Å². The van der Waals surface area contributed by atoms with E-state index in [2.05, 4.69) is 62.5 Å². The van der Waals surface area contributed by atoms with Gasteiger partial charge in [0.25, 0.3) is 0 Å². The van der Waals surface area contributed by atoms with Gasteiger partial charge in [-0.15, -0.1) is 0 Å². The lowest BCUT2D eigenvalue weighted by atomic mass is 9.87. The normalized spacial score (nSPS) is 20.6. The maximum absolute atomic E-state index is 12.8. The maximum atomic E-state index is 12.8. The summed E-state index contributed by atoms with van der Waals surface area (Å²) in [5.41, 5.74) is 0. The Hall–Kier alpha value is -2.71. The zero-order valence-corrected chi connectivity index (χ0v) is 40.9. The topological polar surface area (TPSA) is 178 Å². The molecule has 7 atom stereocenters. The number of aliphatic hydroxyl groups excluding tert-OH is 3. The van der Waals surface area contributed by atoms with Crippen molar-refractivity contribution < 1.29 is 62.1 Å². The average molecular weight is 925 g/mol. The first kappa shape index (κ1) is 59.3. The van der Waals surface area contributed by atoms with Gasteiger partial charge in [0.2, 0.25) is 0 Å². The summed E-state index contributed by atoms with van der Waals surface area (Å²) >= 11 is 0. The van der Waals surface area contributed by atoms with Gasteiger partial charge in [-0.05, 0) is 77.0 Å². The summed E-state index contributed by atoms with van der Waals surface area (Å²) in [5.74, 6) is -1.35. The number of hydrogen-bond donors (Lipinski definition) is 4. The minimum Gasteiger partial charge on any atom is -0.462 e. The number of rotatable bonds is 38. The Balaban J connectivity index is 2.52. The molecule has 0 aliphatic carbocycles. The number of ether oxygens (including phenoxy) is 3. The third-order valence-electron chi connectivity index (χ3n) is 10.5. The van der Waals surface area contributed by atoms with Crippen molar-refractivity contribution in [2.24, 2.45) is 5.92 Å². The lowest BCUT2D eigenvalue weighted by molar-refractivity contribution is -0.870. The van der Waals surface area contributed by atoms with Crippen LogP contribution in [0.1, 0.15) is 149 Å². The average Bonchev–Trinajstić information content (AvgIpc) is 3.23. The highest BCUT2D eigenvalue weighted by Crippen LogP contribution is 2.43. The van der Waals surface area contributed by atoms with E-state index in [1.807, 2.05) is 33.3 Å². The predicted octanol–water partition coefficient (Wildman–Crippen LogP) is 9.91. The van der Waals surface area contributed by atoms with Crippen LogP contribution in [-0.2, 0) is 37.4 Å². The molecule has 0 saturated carbocycles. The molecule has 0 aromatic carbocycles. The number of nitrogens with zero attached hydrogens (tertiary/aromatic N) is 1. The summed E-state index contributed by atoms with van der Waals surface area (Å²) in [6.07, 6.45) is 37.1. The van der Waals surface area contributed by atoms with Crippen LogP contribution in [0.2, 0.25) is 0 Å². The number of allylic oxidation sites excluding steroid dienone is 10. The molecule has 1 saturated heterocycles. The molecule has 0 radical (unpaired) electrons. The first-order valence-electron chi connectivity index (χ1n) is 24.1. The van der Waals surface area contributed by atoms with E-state index in [9.17, 15) is 34.4 Å². The Morgan fingerprint density at radius 1 is 0.734 bits per heavy atom. The quantitative estimate of drug-likeness (QED) is 0.0152. The zero-order valence-electron chi connectivity index (χ0n) is 40.0. The molecule has 64 heavy (non-hydrogen) atoms. The predicted molar refractivity (Wildman–Crippen MR) is 255 cm³/mol. The molecule has 14 heteroatoms. The highest BCUT2D eigenvalue weighted by atomic mass is 31.2. The first-order chi connectivity index (χ1) is 30.7. The number of phosphoric acid groups is 1. The summed E-state index contributed by atoms with van der Waals surface area (Å²) in [4.78, 5) is 35.7. The molecule has 368 valence electrons. The van der Waals surface area contributed by atoms with Crippen molar-refractivity contribution >= 4 is 19.8 Å². The van der Waals surface area contributed by atoms with Gasteiger partial charge in [-0.3, -0.25) is 18.6 Å². The molecule has 1 aliphatic heterocycles. The lowest BCUT2D eigenvalue weighted by Gasteiger charge is -2.36. The van der Waals surface area contributed by atoms with E-state index < -0.39 is 57.1 Å². The molecule has 13 nitrogen and oxygen atoms in total. The van der Waals surface area contributed by atoms with Crippen molar-refractivity contribution in [2.75, 3.05) is 47.5 Å². The van der Waals surface area contributed by atoms with Crippen LogP contribution >= 0.6 is 7.82 Å². The number of aliphatic hydroxyl groups is 3. The second kappa shape index (κ2) is 37.4. The first-order valence-corrected chi connectivity index (χ1v) is 25.6. The van der Waals surface area contributed by atoms with Crippen LogP contribution in [0, 0.1) is 5.92 Å². The molecule has 0 bridgehead atoms. The molecule has 0 aromatic rings. The number of quaternary nitrogens is 1. The molecular formula is C50H87NO12P+. The van der Waals surface area contributed by atoms with Crippen molar-refractivity contribution in [3.05, 3.63) is 72.9 Å². The summed E-state index contributed by atoms with van der Waals surface area (Å²) in [5, 5.41) is 31.0. The number of carbonyl (C=O) groups excluding carboxylic acids is 2. The Labute approximate surface area is 386 Å². The fourth-order valence-corrected chi connectivity index (χ4v) is 7.36. The highest BCUT2D eigenvalue weighted by molar-refractivity contribution is 7.47. The second-order valence-electron chi connectivity index (χ2n) is 17.7. The van der Waals surface area contributed by atoms with Gasteiger partial charge in [0.1, 0.15) is 19.8 Å². The van der Waals surface area contributed by atoms with Crippen LogP contribution in [0.15, 0.2) is 72.9 Å². The Morgan fingerprint density at radius 3 is 1.95 bits per heavy atom. The number of phosphoric ester groups is 1. The fraction of sp³-hybridized carbons (Fsp3) is 0.720. The minimum absolute atomic E-state index is 0.0225. The van der Waals surface area contributed by atoms with Crippen molar-refractivity contribution in [3.63, 3.8) is 0 Å². The molecule has 1 aliphatic rings. The lowest BCUT2D eigenvalue weighted by Crippen LogP contribution is -2.43.